The molecule has 0 aliphatic carbocycles. The van der Waals surface area contributed by atoms with E-state index in [4.69, 9.17) is 9.68 Å². The molecule has 0 unspecified atom stereocenters. The third kappa shape index (κ3) is 2.06. The van der Waals surface area contributed by atoms with Gasteiger partial charge in [-0.1, -0.05) is 24.3 Å². The lowest BCUT2D eigenvalue weighted by atomic mass is 10.0. The van der Waals surface area contributed by atoms with Gasteiger partial charge in [0.1, 0.15) is 0 Å². The molecule has 4 heteroatoms. The van der Waals surface area contributed by atoms with Crippen LogP contribution in [0.2, 0.25) is 0 Å². The average Bonchev–Trinajstić information content (AvgIpc) is 2.90. The molecule has 0 amide bonds. The average molecular weight is 263 g/mol. The molecule has 1 heterocycles. The van der Waals surface area contributed by atoms with Crippen molar-refractivity contribution in [2.24, 2.45) is 0 Å². The Morgan fingerprint density at radius 1 is 1.15 bits per heavy atom. The van der Waals surface area contributed by atoms with Crippen molar-refractivity contribution in [1.82, 2.24) is 0 Å². The number of oxazole rings is 1. The molecule has 3 aromatic rings. The highest BCUT2D eigenvalue weighted by molar-refractivity contribution is 5.97. The quantitative estimate of drug-likeness (QED) is 0.538. The molecule has 20 heavy (non-hydrogen) atoms. The minimum atomic E-state index is -0.112. The SMILES string of the molecule is N#Cc1ccccc1C(=O)C[n+]1coc2ccccc21. The van der Waals surface area contributed by atoms with Gasteiger partial charge < -0.3 is 4.42 Å². The summed E-state index contributed by atoms with van der Waals surface area (Å²) in [6.45, 7) is 0.149. The lowest BCUT2D eigenvalue weighted by Crippen LogP contribution is -2.36. The molecule has 0 spiro atoms. The first kappa shape index (κ1) is 12.1. The molecule has 0 radical (unpaired) electrons. The molecule has 0 atom stereocenters. The first-order valence-corrected chi connectivity index (χ1v) is 6.17. The van der Waals surface area contributed by atoms with Gasteiger partial charge in [-0.3, -0.25) is 4.79 Å². The Morgan fingerprint density at radius 3 is 2.75 bits per heavy atom. The fourth-order valence-corrected chi connectivity index (χ4v) is 2.16. The van der Waals surface area contributed by atoms with Gasteiger partial charge in [0.05, 0.1) is 11.6 Å². The molecule has 1 aromatic heterocycles. The zero-order chi connectivity index (χ0) is 13.9. The van der Waals surface area contributed by atoms with E-state index >= 15 is 0 Å². The lowest BCUT2D eigenvalue weighted by Gasteiger charge is -1.99. The number of hydrogen-bond acceptors (Lipinski definition) is 3. The number of aromatic nitrogens is 1. The number of benzene rings is 2. The zero-order valence-electron chi connectivity index (χ0n) is 10.6. The molecule has 0 saturated carbocycles. The van der Waals surface area contributed by atoms with Gasteiger partial charge in [0, 0.05) is 11.6 Å². The Kier molecular flexibility index (Phi) is 3.02. The van der Waals surface area contributed by atoms with Crippen LogP contribution in [0.25, 0.3) is 11.1 Å². The van der Waals surface area contributed by atoms with Gasteiger partial charge in [-0.2, -0.15) is 9.83 Å². The number of carbonyl (C=O) groups is 1. The van der Waals surface area contributed by atoms with E-state index in [1.54, 1.807) is 28.8 Å². The molecule has 0 bridgehead atoms. The maximum absolute atomic E-state index is 12.3. The van der Waals surface area contributed by atoms with E-state index in [0.29, 0.717) is 11.1 Å². The molecule has 0 aliphatic heterocycles. The fraction of sp³-hybridized carbons (Fsp3) is 0.0625. The number of ketones is 1. The van der Waals surface area contributed by atoms with Crippen molar-refractivity contribution in [3.05, 3.63) is 66.1 Å². The summed E-state index contributed by atoms with van der Waals surface area (Å²) in [6.07, 6.45) is 1.53. The Balaban J connectivity index is 1.95. The standard InChI is InChI=1S/C16H11N2O2/c17-9-12-5-1-2-6-13(12)15(19)10-18-11-20-16-8-4-3-7-14(16)18/h1-8,11H,10H2/q+1. The van der Waals surface area contributed by atoms with E-state index in [0.717, 1.165) is 11.1 Å². The number of fused-ring (bicyclic) bond motifs is 1. The van der Waals surface area contributed by atoms with Gasteiger partial charge in [0.2, 0.25) is 17.9 Å². The molecular formula is C16H11N2O2+. The third-order valence-electron chi connectivity index (χ3n) is 3.14. The number of carbonyl (C=O) groups excluding carboxylic acids is 1. The maximum atomic E-state index is 12.3. The van der Waals surface area contributed by atoms with Gasteiger partial charge in [-0.05, 0) is 18.2 Å². The van der Waals surface area contributed by atoms with Crippen LogP contribution in [0.3, 0.4) is 0 Å². The monoisotopic (exact) mass is 263 g/mol. The molecule has 0 N–H and O–H groups in total. The van der Waals surface area contributed by atoms with Crippen molar-refractivity contribution < 1.29 is 13.8 Å². The second-order valence-corrected chi connectivity index (χ2v) is 4.40. The van der Waals surface area contributed by atoms with Crippen LogP contribution >= 0.6 is 0 Å². The van der Waals surface area contributed by atoms with Crippen LogP contribution in [0.5, 0.6) is 0 Å². The topological polar surface area (TPSA) is 57.9 Å². The van der Waals surface area contributed by atoms with Crippen LogP contribution in [0.4, 0.5) is 0 Å². The van der Waals surface area contributed by atoms with Crippen LogP contribution in [0.15, 0.2) is 59.3 Å². The highest BCUT2D eigenvalue weighted by atomic mass is 16.3. The summed E-state index contributed by atoms with van der Waals surface area (Å²) in [7, 11) is 0. The molecule has 3 rings (SSSR count). The summed E-state index contributed by atoms with van der Waals surface area (Å²) in [5.41, 5.74) is 2.42. The smallest absolute Gasteiger partial charge is 0.335 e. The van der Waals surface area contributed by atoms with Crippen LogP contribution in [-0.2, 0) is 6.54 Å². The normalized spacial score (nSPS) is 10.3. The fourth-order valence-electron chi connectivity index (χ4n) is 2.16. The van der Waals surface area contributed by atoms with E-state index in [1.807, 2.05) is 30.3 Å². The molecule has 0 aliphatic rings. The Labute approximate surface area is 115 Å². The third-order valence-corrected chi connectivity index (χ3v) is 3.14. The highest BCUT2D eigenvalue weighted by Crippen LogP contribution is 2.11. The number of Topliss-reactive ketones (excluding diaryl/α,β-unsaturated/α-hetero) is 1. The Hall–Kier alpha value is -2.93. The minimum absolute atomic E-state index is 0.112. The Morgan fingerprint density at radius 2 is 1.90 bits per heavy atom. The van der Waals surface area contributed by atoms with E-state index in [9.17, 15) is 4.79 Å². The van der Waals surface area contributed by atoms with Crippen molar-refractivity contribution in [3.8, 4) is 6.07 Å². The molecule has 96 valence electrons. The van der Waals surface area contributed by atoms with Gasteiger partial charge in [-0.15, -0.1) is 0 Å². The summed E-state index contributed by atoms with van der Waals surface area (Å²) in [5, 5.41) is 9.04. The van der Waals surface area contributed by atoms with Gasteiger partial charge in [0.15, 0.2) is 0 Å². The first-order chi connectivity index (χ1) is 9.79. The van der Waals surface area contributed by atoms with Gasteiger partial charge >= 0.3 is 6.39 Å². The van der Waals surface area contributed by atoms with Crippen molar-refractivity contribution >= 4 is 16.9 Å². The highest BCUT2D eigenvalue weighted by Gasteiger charge is 2.19. The Bertz CT molecular complexity index is 828. The van der Waals surface area contributed by atoms with Gasteiger partial charge in [0.25, 0.3) is 5.52 Å². The first-order valence-electron chi connectivity index (χ1n) is 6.17. The second-order valence-electron chi connectivity index (χ2n) is 4.40. The van der Waals surface area contributed by atoms with Crippen LogP contribution in [0, 0.1) is 11.3 Å². The summed E-state index contributed by atoms with van der Waals surface area (Å²) in [6, 6.07) is 16.4. The van der Waals surface area contributed by atoms with Gasteiger partial charge in [-0.25, -0.2) is 0 Å². The van der Waals surface area contributed by atoms with Crippen LogP contribution in [-0.4, -0.2) is 5.78 Å². The molecule has 2 aromatic carbocycles. The van der Waals surface area contributed by atoms with Crippen LogP contribution < -0.4 is 4.57 Å². The minimum Gasteiger partial charge on any atom is -0.404 e. The van der Waals surface area contributed by atoms with E-state index in [1.165, 1.54) is 6.39 Å². The summed E-state index contributed by atoms with van der Waals surface area (Å²) in [4.78, 5) is 12.3. The largest absolute Gasteiger partial charge is 0.404 e. The van der Waals surface area contributed by atoms with E-state index in [-0.39, 0.29) is 12.3 Å². The molecule has 0 fully saturated rings. The number of hydrogen-bond donors (Lipinski definition) is 0. The summed E-state index contributed by atoms with van der Waals surface area (Å²) in [5.74, 6) is -0.112. The maximum Gasteiger partial charge on any atom is 0.335 e. The van der Waals surface area contributed by atoms with Crippen LogP contribution in [0.1, 0.15) is 15.9 Å². The van der Waals surface area contributed by atoms with Crippen molar-refractivity contribution in [2.75, 3.05) is 0 Å². The summed E-state index contributed by atoms with van der Waals surface area (Å²) >= 11 is 0. The second kappa shape index (κ2) is 4.98. The van der Waals surface area contributed by atoms with Crippen molar-refractivity contribution in [1.29, 1.82) is 5.26 Å². The summed E-state index contributed by atoms with van der Waals surface area (Å²) < 4.78 is 7.13. The number of nitriles is 1. The van der Waals surface area contributed by atoms with E-state index in [2.05, 4.69) is 0 Å². The number of rotatable bonds is 3. The predicted octanol–water partition coefficient (Wildman–Crippen LogP) is 2.47. The van der Waals surface area contributed by atoms with E-state index < -0.39 is 0 Å². The molecule has 4 nitrogen and oxygen atoms in total. The van der Waals surface area contributed by atoms with Crippen molar-refractivity contribution in [3.63, 3.8) is 0 Å². The molecule has 0 saturated heterocycles. The number of para-hydroxylation sites is 2. The van der Waals surface area contributed by atoms with Crippen molar-refractivity contribution in [2.45, 2.75) is 6.54 Å². The zero-order valence-corrected chi connectivity index (χ0v) is 10.6. The lowest BCUT2D eigenvalue weighted by molar-refractivity contribution is -0.662. The molecular weight excluding hydrogens is 252 g/mol. The number of nitrogens with zero attached hydrogens (tertiary/aromatic N) is 2. The predicted molar refractivity (Wildman–Crippen MR) is 71.9 cm³/mol.